The Morgan fingerprint density at radius 3 is 2.79 bits per heavy atom. The Morgan fingerprint density at radius 2 is 2.11 bits per heavy atom. The summed E-state index contributed by atoms with van der Waals surface area (Å²) in [5.41, 5.74) is 1.09. The van der Waals surface area contributed by atoms with E-state index in [0.29, 0.717) is 12.4 Å². The number of piperidine rings is 1. The maximum absolute atomic E-state index is 5.71. The lowest BCUT2D eigenvalue weighted by Gasteiger charge is -2.33. The number of methoxy groups -OCH3 is 1. The van der Waals surface area contributed by atoms with Gasteiger partial charge in [-0.25, -0.2) is 4.98 Å². The van der Waals surface area contributed by atoms with Gasteiger partial charge in [0, 0.05) is 32.4 Å². The molecule has 28 heavy (non-hydrogen) atoms. The van der Waals surface area contributed by atoms with Crippen molar-refractivity contribution in [3.05, 3.63) is 48.0 Å². The van der Waals surface area contributed by atoms with E-state index in [0.717, 1.165) is 36.9 Å². The van der Waals surface area contributed by atoms with Crippen molar-refractivity contribution in [2.75, 3.05) is 33.8 Å². The van der Waals surface area contributed by atoms with E-state index in [1.807, 2.05) is 18.2 Å². The molecule has 0 saturated carbocycles. The Morgan fingerprint density at radius 1 is 1.29 bits per heavy atom. The number of aromatic nitrogens is 1. The normalized spacial score (nSPS) is 16.1. The number of pyridine rings is 1. The van der Waals surface area contributed by atoms with E-state index in [1.54, 1.807) is 26.6 Å². The molecule has 0 radical (unpaired) electrons. The molecule has 8 heteroatoms. The summed E-state index contributed by atoms with van der Waals surface area (Å²) in [7, 11) is 3.40. The second-order valence-electron chi connectivity index (χ2n) is 6.64. The number of nitrogens with one attached hydrogen (secondary N) is 2. The minimum Gasteiger partial charge on any atom is -0.481 e. The standard InChI is InChI=1S/C20H29N5O2.HI/c1-21-20(23-14-16-8-9-22-19(13-16)26-2)24-15-17(18-7-6-12-27-18)25-10-4-3-5-11-25;/h6-9,12-13,17H,3-5,10-11,14-15H2,1-2H3,(H2,21,23,24);1H. The monoisotopic (exact) mass is 499 g/mol. The molecule has 0 spiro atoms. The van der Waals surface area contributed by atoms with Crippen LogP contribution in [0, 0.1) is 0 Å². The smallest absolute Gasteiger partial charge is 0.213 e. The molecule has 0 amide bonds. The van der Waals surface area contributed by atoms with Crippen molar-refractivity contribution in [3.63, 3.8) is 0 Å². The van der Waals surface area contributed by atoms with E-state index in [1.165, 1.54) is 19.3 Å². The van der Waals surface area contributed by atoms with Gasteiger partial charge in [0.2, 0.25) is 5.88 Å². The van der Waals surface area contributed by atoms with Crippen molar-refractivity contribution in [1.82, 2.24) is 20.5 Å². The van der Waals surface area contributed by atoms with Gasteiger partial charge in [0.1, 0.15) is 5.76 Å². The van der Waals surface area contributed by atoms with Crippen LogP contribution in [0.1, 0.15) is 36.6 Å². The summed E-state index contributed by atoms with van der Waals surface area (Å²) in [5, 5.41) is 6.79. The van der Waals surface area contributed by atoms with E-state index in [-0.39, 0.29) is 30.0 Å². The molecule has 1 saturated heterocycles. The Kier molecular flexibility index (Phi) is 9.56. The second kappa shape index (κ2) is 11.9. The molecule has 0 bridgehead atoms. The number of furan rings is 1. The molecule has 3 heterocycles. The number of likely N-dealkylation sites (tertiary alicyclic amines) is 1. The molecule has 0 aliphatic carbocycles. The van der Waals surface area contributed by atoms with Crippen molar-refractivity contribution in [1.29, 1.82) is 0 Å². The average Bonchev–Trinajstić information content (AvgIpc) is 3.26. The molecule has 1 atom stereocenters. The fourth-order valence-corrected chi connectivity index (χ4v) is 3.39. The quantitative estimate of drug-likeness (QED) is 0.347. The van der Waals surface area contributed by atoms with Crippen molar-refractivity contribution in [3.8, 4) is 5.88 Å². The van der Waals surface area contributed by atoms with Crippen molar-refractivity contribution >= 4 is 29.9 Å². The first-order chi connectivity index (χ1) is 13.3. The summed E-state index contributed by atoms with van der Waals surface area (Å²) in [5.74, 6) is 2.37. The van der Waals surface area contributed by atoms with Crippen LogP contribution in [0.25, 0.3) is 0 Å². The number of rotatable bonds is 7. The minimum atomic E-state index is 0. The molecule has 1 unspecified atom stereocenters. The van der Waals surface area contributed by atoms with Gasteiger partial charge in [0.05, 0.1) is 19.4 Å². The van der Waals surface area contributed by atoms with E-state index in [2.05, 4.69) is 31.6 Å². The molecule has 1 fully saturated rings. The van der Waals surface area contributed by atoms with Gasteiger partial charge in [0.15, 0.2) is 5.96 Å². The Hall–Kier alpha value is -1.81. The summed E-state index contributed by atoms with van der Waals surface area (Å²) < 4.78 is 10.9. The van der Waals surface area contributed by atoms with E-state index in [9.17, 15) is 0 Å². The highest BCUT2D eigenvalue weighted by Gasteiger charge is 2.24. The molecule has 1 aliphatic rings. The van der Waals surface area contributed by atoms with Gasteiger partial charge in [-0.1, -0.05) is 6.42 Å². The van der Waals surface area contributed by atoms with Gasteiger partial charge in [-0.05, 0) is 49.7 Å². The summed E-state index contributed by atoms with van der Waals surface area (Å²) in [6.07, 6.45) is 7.29. The SMILES string of the molecule is CN=C(NCc1ccnc(OC)c1)NCC(c1ccco1)N1CCCCC1.I. The third kappa shape index (κ3) is 6.37. The Labute approximate surface area is 184 Å². The molecule has 2 aromatic heterocycles. The highest BCUT2D eigenvalue weighted by molar-refractivity contribution is 14.0. The van der Waals surface area contributed by atoms with Crippen molar-refractivity contribution in [2.24, 2.45) is 4.99 Å². The first kappa shape index (κ1) is 22.5. The van der Waals surface area contributed by atoms with Gasteiger partial charge in [0.25, 0.3) is 0 Å². The van der Waals surface area contributed by atoms with E-state index < -0.39 is 0 Å². The molecule has 1 aliphatic heterocycles. The lowest BCUT2D eigenvalue weighted by atomic mass is 10.1. The van der Waals surface area contributed by atoms with Crippen LogP contribution in [0.2, 0.25) is 0 Å². The van der Waals surface area contributed by atoms with E-state index in [4.69, 9.17) is 9.15 Å². The molecule has 154 valence electrons. The lowest BCUT2D eigenvalue weighted by Crippen LogP contribution is -2.44. The summed E-state index contributed by atoms with van der Waals surface area (Å²) in [4.78, 5) is 11.0. The molecule has 0 aromatic carbocycles. The summed E-state index contributed by atoms with van der Waals surface area (Å²) in [6, 6.07) is 8.10. The highest BCUT2D eigenvalue weighted by Crippen LogP contribution is 2.24. The lowest BCUT2D eigenvalue weighted by molar-refractivity contribution is 0.146. The first-order valence-electron chi connectivity index (χ1n) is 9.51. The zero-order valence-corrected chi connectivity index (χ0v) is 18.9. The average molecular weight is 499 g/mol. The Bertz CT molecular complexity index is 717. The molecule has 7 nitrogen and oxygen atoms in total. The zero-order valence-electron chi connectivity index (χ0n) is 16.6. The van der Waals surface area contributed by atoms with E-state index >= 15 is 0 Å². The van der Waals surface area contributed by atoms with Crippen LogP contribution in [0.3, 0.4) is 0 Å². The molecule has 2 N–H and O–H groups in total. The topological polar surface area (TPSA) is 74.9 Å². The van der Waals surface area contributed by atoms with Crippen LogP contribution in [0.4, 0.5) is 0 Å². The number of aliphatic imine (C=N–C) groups is 1. The van der Waals surface area contributed by atoms with Gasteiger partial charge in [-0.15, -0.1) is 24.0 Å². The number of hydrogen-bond donors (Lipinski definition) is 2. The second-order valence-corrected chi connectivity index (χ2v) is 6.64. The third-order valence-corrected chi connectivity index (χ3v) is 4.86. The predicted octanol–water partition coefficient (Wildman–Crippen LogP) is 3.19. The predicted molar refractivity (Wildman–Crippen MR) is 121 cm³/mol. The summed E-state index contributed by atoms with van der Waals surface area (Å²) >= 11 is 0. The van der Waals surface area contributed by atoms with Gasteiger partial charge < -0.3 is 19.8 Å². The van der Waals surface area contributed by atoms with Crippen LogP contribution in [-0.2, 0) is 6.54 Å². The van der Waals surface area contributed by atoms with Gasteiger partial charge >= 0.3 is 0 Å². The molecule has 3 rings (SSSR count). The maximum atomic E-state index is 5.71. The number of hydrogen-bond acceptors (Lipinski definition) is 5. The largest absolute Gasteiger partial charge is 0.481 e. The number of ether oxygens (including phenoxy) is 1. The van der Waals surface area contributed by atoms with Crippen LogP contribution >= 0.6 is 24.0 Å². The Balaban J connectivity index is 0.00000280. The van der Waals surface area contributed by atoms with Crippen LogP contribution in [0.5, 0.6) is 5.88 Å². The molecule has 2 aromatic rings. The zero-order chi connectivity index (χ0) is 18.9. The van der Waals surface area contributed by atoms with Crippen LogP contribution in [-0.4, -0.2) is 49.6 Å². The van der Waals surface area contributed by atoms with Crippen molar-refractivity contribution in [2.45, 2.75) is 31.8 Å². The van der Waals surface area contributed by atoms with Crippen molar-refractivity contribution < 1.29 is 9.15 Å². The highest BCUT2D eigenvalue weighted by atomic mass is 127. The maximum Gasteiger partial charge on any atom is 0.213 e. The number of guanidine groups is 1. The fraction of sp³-hybridized carbons (Fsp3) is 0.500. The van der Waals surface area contributed by atoms with Gasteiger partial charge in [-0.2, -0.15) is 0 Å². The third-order valence-electron chi connectivity index (χ3n) is 4.86. The fourth-order valence-electron chi connectivity index (χ4n) is 3.39. The van der Waals surface area contributed by atoms with Crippen LogP contribution < -0.4 is 15.4 Å². The number of halogens is 1. The first-order valence-corrected chi connectivity index (χ1v) is 9.51. The number of nitrogens with zero attached hydrogens (tertiary/aromatic N) is 3. The molecular formula is C20H30IN5O2. The van der Waals surface area contributed by atoms with Crippen LogP contribution in [0.15, 0.2) is 46.1 Å². The minimum absolute atomic E-state index is 0. The summed E-state index contributed by atoms with van der Waals surface area (Å²) in [6.45, 7) is 3.60. The van der Waals surface area contributed by atoms with Gasteiger partial charge in [-0.3, -0.25) is 9.89 Å². The molecular weight excluding hydrogens is 469 g/mol.